The van der Waals surface area contributed by atoms with Gasteiger partial charge in [0.2, 0.25) is 5.91 Å². The van der Waals surface area contributed by atoms with Gasteiger partial charge in [0.25, 0.3) is 5.56 Å². The highest BCUT2D eigenvalue weighted by Gasteiger charge is 2.07. The first-order valence-corrected chi connectivity index (χ1v) is 8.06. The van der Waals surface area contributed by atoms with Crippen molar-refractivity contribution in [1.82, 2.24) is 15.1 Å². The van der Waals surface area contributed by atoms with Crippen LogP contribution in [0.2, 0.25) is 0 Å². The number of amides is 1. The van der Waals surface area contributed by atoms with E-state index in [1.165, 1.54) is 10.7 Å². The van der Waals surface area contributed by atoms with Gasteiger partial charge in [0, 0.05) is 12.6 Å². The molecule has 1 N–H and O–H groups in total. The SMILES string of the molecule is Cc1cccc(CC(=O)NCCn2nc(-c3ccco3)ccc2=O)c1. The summed E-state index contributed by atoms with van der Waals surface area (Å²) in [7, 11) is 0. The van der Waals surface area contributed by atoms with Crippen LogP contribution >= 0.6 is 0 Å². The van der Waals surface area contributed by atoms with Gasteiger partial charge in [-0.05, 0) is 30.7 Å². The number of hydrogen-bond donors (Lipinski definition) is 1. The molecule has 0 radical (unpaired) electrons. The minimum Gasteiger partial charge on any atom is -0.463 e. The first kappa shape index (κ1) is 16.7. The molecular formula is C19H19N3O3. The van der Waals surface area contributed by atoms with Crippen LogP contribution < -0.4 is 10.9 Å². The van der Waals surface area contributed by atoms with Gasteiger partial charge in [0.05, 0.1) is 19.2 Å². The molecule has 0 fully saturated rings. The molecule has 1 amide bonds. The number of carbonyl (C=O) groups is 1. The molecule has 0 bridgehead atoms. The predicted octanol–water partition coefficient (Wildman–Crippen LogP) is 2.17. The molecule has 3 rings (SSSR count). The van der Waals surface area contributed by atoms with E-state index in [0.717, 1.165) is 11.1 Å². The molecule has 0 spiro atoms. The van der Waals surface area contributed by atoms with Gasteiger partial charge in [-0.15, -0.1) is 0 Å². The Bertz CT molecular complexity index is 914. The predicted molar refractivity (Wildman–Crippen MR) is 94.1 cm³/mol. The standard InChI is InChI=1S/C19H19N3O3/c1-14-4-2-5-15(12-14)13-18(23)20-9-10-22-19(24)8-7-16(21-22)17-6-3-11-25-17/h2-8,11-12H,9-10,13H2,1H3,(H,20,23). The Morgan fingerprint density at radius 1 is 1.20 bits per heavy atom. The molecule has 128 valence electrons. The fourth-order valence-electron chi connectivity index (χ4n) is 2.54. The fourth-order valence-corrected chi connectivity index (χ4v) is 2.54. The monoisotopic (exact) mass is 337 g/mol. The van der Waals surface area contributed by atoms with Crippen LogP contribution in [0.25, 0.3) is 11.5 Å². The first-order valence-electron chi connectivity index (χ1n) is 8.06. The summed E-state index contributed by atoms with van der Waals surface area (Å²) in [6.45, 7) is 2.62. The van der Waals surface area contributed by atoms with Crippen LogP contribution in [0, 0.1) is 6.92 Å². The molecule has 1 aromatic carbocycles. The zero-order valence-corrected chi connectivity index (χ0v) is 13.9. The second-order valence-electron chi connectivity index (χ2n) is 5.77. The maximum Gasteiger partial charge on any atom is 0.266 e. The minimum absolute atomic E-state index is 0.0826. The highest BCUT2D eigenvalue weighted by atomic mass is 16.3. The lowest BCUT2D eigenvalue weighted by Crippen LogP contribution is -2.32. The van der Waals surface area contributed by atoms with E-state index in [4.69, 9.17) is 4.42 Å². The van der Waals surface area contributed by atoms with Gasteiger partial charge in [-0.25, -0.2) is 4.68 Å². The Morgan fingerprint density at radius 3 is 2.84 bits per heavy atom. The van der Waals surface area contributed by atoms with Crippen molar-refractivity contribution in [3.8, 4) is 11.5 Å². The summed E-state index contributed by atoms with van der Waals surface area (Å²) < 4.78 is 6.61. The van der Waals surface area contributed by atoms with Crippen molar-refractivity contribution in [3.63, 3.8) is 0 Å². The highest BCUT2D eigenvalue weighted by Crippen LogP contribution is 2.14. The molecule has 0 atom stereocenters. The average molecular weight is 337 g/mol. The molecule has 0 aliphatic heterocycles. The van der Waals surface area contributed by atoms with Crippen LogP contribution in [0.4, 0.5) is 0 Å². The summed E-state index contributed by atoms with van der Waals surface area (Å²) >= 11 is 0. The van der Waals surface area contributed by atoms with Gasteiger partial charge in [0.1, 0.15) is 5.69 Å². The molecule has 0 aliphatic rings. The number of rotatable bonds is 6. The number of hydrogen-bond acceptors (Lipinski definition) is 4. The molecule has 3 aromatic rings. The molecule has 6 heteroatoms. The lowest BCUT2D eigenvalue weighted by Gasteiger charge is -2.08. The van der Waals surface area contributed by atoms with E-state index in [-0.39, 0.29) is 11.5 Å². The molecular weight excluding hydrogens is 318 g/mol. The van der Waals surface area contributed by atoms with Gasteiger partial charge in [-0.3, -0.25) is 9.59 Å². The van der Waals surface area contributed by atoms with E-state index in [1.54, 1.807) is 24.5 Å². The zero-order chi connectivity index (χ0) is 17.6. The van der Waals surface area contributed by atoms with Gasteiger partial charge >= 0.3 is 0 Å². The molecule has 0 aliphatic carbocycles. The smallest absolute Gasteiger partial charge is 0.266 e. The van der Waals surface area contributed by atoms with Gasteiger partial charge in [-0.2, -0.15) is 5.10 Å². The third-order valence-electron chi connectivity index (χ3n) is 3.73. The van der Waals surface area contributed by atoms with Crippen molar-refractivity contribution < 1.29 is 9.21 Å². The third kappa shape index (κ3) is 4.44. The second-order valence-corrected chi connectivity index (χ2v) is 5.77. The Hall–Kier alpha value is -3.15. The van der Waals surface area contributed by atoms with Crippen molar-refractivity contribution in [2.75, 3.05) is 6.54 Å². The van der Waals surface area contributed by atoms with Crippen LogP contribution in [0.1, 0.15) is 11.1 Å². The minimum atomic E-state index is -0.219. The Labute approximate surface area is 145 Å². The number of benzene rings is 1. The first-order chi connectivity index (χ1) is 12.1. The summed E-state index contributed by atoms with van der Waals surface area (Å²) in [4.78, 5) is 23.9. The van der Waals surface area contributed by atoms with Crippen LogP contribution in [0.5, 0.6) is 0 Å². The van der Waals surface area contributed by atoms with Gasteiger partial charge in [0.15, 0.2) is 5.76 Å². The van der Waals surface area contributed by atoms with Gasteiger partial charge in [-0.1, -0.05) is 29.8 Å². The second kappa shape index (κ2) is 7.61. The van der Waals surface area contributed by atoms with E-state index >= 15 is 0 Å². The molecule has 6 nitrogen and oxygen atoms in total. The van der Waals surface area contributed by atoms with E-state index in [0.29, 0.717) is 31.0 Å². The summed E-state index contributed by atoms with van der Waals surface area (Å²) in [6.07, 6.45) is 1.87. The summed E-state index contributed by atoms with van der Waals surface area (Å²) in [5.41, 5.74) is 2.45. The van der Waals surface area contributed by atoms with Crippen LogP contribution in [0.3, 0.4) is 0 Å². The van der Waals surface area contributed by atoms with Crippen molar-refractivity contribution in [2.24, 2.45) is 0 Å². The number of carbonyl (C=O) groups excluding carboxylic acids is 1. The molecule has 0 unspecified atom stereocenters. The number of aryl methyl sites for hydroxylation is 1. The Kier molecular flexibility index (Phi) is 5.09. The Morgan fingerprint density at radius 2 is 2.08 bits per heavy atom. The topological polar surface area (TPSA) is 77.1 Å². The van der Waals surface area contributed by atoms with Crippen LogP contribution in [-0.2, 0) is 17.8 Å². The largest absolute Gasteiger partial charge is 0.463 e. The maximum absolute atomic E-state index is 12.0. The third-order valence-corrected chi connectivity index (χ3v) is 3.73. The number of aromatic nitrogens is 2. The van der Waals surface area contributed by atoms with E-state index < -0.39 is 0 Å². The molecule has 0 saturated carbocycles. The van der Waals surface area contributed by atoms with E-state index in [2.05, 4.69) is 10.4 Å². The molecule has 2 aromatic heterocycles. The van der Waals surface area contributed by atoms with Crippen molar-refractivity contribution in [1.29, 1.82) is 0 Å². The van der Waals surface area contributed by atoms with Gasteiger partial charge < -0.3 is 9.73 Å². The maximum atomic E-state index is 12.0. The lowest BCUT2D eigenvalue weighted by molar-refractivity contribution is -0.120. The quantitative estimate of drug-likeness (QED) is 0.748. The average Bonchev–Trinajstić information content (AvgIpc) is 3.11. The van der Waals surface area contributed by atoms with E-state index in [1.807, 2.05) is 31.2 Å². The number of nitrogens with zero attached hydrogens (tertiary/aromatic N) is 2. The van der Waals surface area contributed by atoms with Crippen LogP contribution in [0.15, 0.2) is 64.0 Å². The molecule has 0 saturated heterocycles. The molecule has 25 heavy (non-hydrogen) atoms. The zero-order valence-electron chi connectivity index (χ0n) is 13.9. The lowest BCUT2D eigenvalue weighted by atomic mass is 10.1. The van der Waals surface area contributed by atoms with Crippen molar-refractivity contribution >= 4 is 5.91 Å². The normalized spacial score (nSPS) is 10.6. The van der Waals surface area contributed by atoms with Crippen LogP contribution in [-0.4, -0.2) is 22.2 Å². The summed E-state index contributed by atoms with van der Waals surface area (Å²) in [6, 6.07) is 14.4. The summed E-state index contributed by atoms with van der Waals surface area (Å²) in [5.74, 6) is 0.512. The fraction of sp³-hybridized carbons (Fsp3) is 0.211. The van der Waals surface area contributed by atoms with Crippen molar-refractivity contribution in [3.05, 3.63) is 76.3 Å². The van der Waals surface area contributed by atoms with Crippen molar-refractivity contribution in [2.45, 2.75) is 19.9 Å². The number of nitrogens with one attached hydrogen (secondary N) is 1. The molecule has 2 heterocycles. The van der Waals surface area contributed by atoms with E-state index in [9.17, 15) is 9.59 Å². The Balaban J connectivity index is 1.57. The highest BCUT2D eigenvalue weighted by molar-refractivity contribution is 5.78. The number of furan rings is 1. The summed E-state index contributed by atoms with van der Waals surface area (Å²) in [5, 5.41) is 7.08.